The molecule has 0 saturated carbocycles. The Balaban J connectivity index is 2.44. The van der Waals surface area contributed by atoms with E-state index < -0.39 is 6.36 Å². The number of nitrogens with one attached hydrogen (secondary N) is 1. The van der Waals surface area contributed by atoms with Crippen molar-refractivity contribution >= 4 is 11.6 Å². The normalized spacial score (nSPS) is 15.1. The van der Waals surface area contributed by atoms with Crippen molar-refractivity contribution < 1.29 is 17.9 Å². The molecule has 0 radical (unpaired) electrons. The minimum atomic E-state index is -4.65. The van der Waals surface area contributed by atoms with Crippen LogP contribution < -0.4 is 10.1 Å². The SMILES string of the molecule is CC(Cl)CC(C)NCc1ccc(OC(F)(F)F)cc1. The van der Waals surface area contributed by atoms with Gasteiger partial charge >= 0.3 is 6.36 Å². The largest absolute Gasteiger partial charge is 0.573 e. The number of hydrogen-bond acceptors (Lipinski definition) is 2. The Kier molecular flexibility index (Phi) is 5.94. The molecule has 2 nitrogen and oxygen atoms in total. The van der Waals surface area contributed by atoms with Crippen molar-refractivity contribution in [1.29, 1.82) is 0 Å². The van der Waals surface area contributed by atoms with E-state index in [1.54, 1.807) is 12.1 Å². The van der Waals surface area contributed by atoms with Crippen molar-refractivity contribution in [1.82, 2.24) is 5.32 Å². The molecule has 0 spiro atoms. The Morgan fingerprint density at radius 1 is 1.21 bits per heavy atom. The fourth-order valence-corrected chi connectivity index (χ4v) is 1.94. The Morgan fingerprint density at radius 2 is 1.79 bits per heavy atom. The molecular formula is C13H17ClF3NO. The van der Waals surface area contributed by atoms with Crippen LogP contribution in [0.15, 0.2) is 24.3 Å². The van der Waals surface area contributed by atoms with E-state index in [0.717, 1.165) is 12.0 Å². The van der Waals surface area contributed by atoms with Gasteiger partial charge in [0, 0.05) is 18.0 Å². The molecule has 0 fully saturated rings. The summed E-state index contributed by atoms with van der Waals surface area (Å²) in [4.78, 5) is 0. The van der Waals surface area contributed by atoms with Crippen LogP contribution in [-0.4, -0.2) is 17.8 Å². The van der Waals surface area contributed by atoms with Gasteiger partial charge in [-0.05, 0) is 38.0 Å². The zero-order valence-electron chi connectivity index (χ0n) is 10.8. The highest BCUT2D eigenvalue weighted by atomic mass is 35.5. The molecule has 2 unspecified atom stereocenters. The zero-order chi connectivity index (χ0) is 14.5. The van der Waals surface area contributed by atoms with Gasteiger partial charge in [-0.25, -0.2) is 0 Å². The van der Waals surface area contributed by atoms with Gasteiger partial charge in [0.1, 0.15) is 5.75 Å². The van der Waals surface area contributed by atoms with E-state index in [1.165, 1.54) is 12.1 Å². The van der Waals surface area contributed by atoms with Gasteiger partial charge in [-0.15, -0.1) is 24.8 Å². The summed E-state index contributed by atoms with van der Waals surface area (Å²) in [6.07, 6.45) is -3.82. The van der Waals surface area contributed by atoms with E-state index in [-0.39, 0.29) is 17.2 Å². The van der Waals surface area contributed by atoms with Gasteiger partial charge in [0.25, 0.3) is 0 Å². The van der Waals surface area contributed by atoms with Gasteiger partial charge in [-0.1, -0.05) is 12.1 Å². The van der Waals surface area contributed by atoms with Gasteiger partial charge < -0.3 is 10.1 Å². The smallest absolute Gasteiger partial charge is 0.406 e. The molecule has 0 heterocycles. The Morgan fingerprint density at radius 3 is 2.26 bits per heavy atom. The quantitative estimate of drug-likeness (QED) is 0.799. The molecule has 0 aliphatic heterocycles. The van der Waals surface area contributed by atoms with Crippen molar-refractivity contribution in [3.8, 4) is 5.75 Å². The topological polar surface area (TPSA) is 21.3 Å². The number of benzene rings is 1. The van der Waals surface area contributed by atoms with Crippen molar-refractivity contribution in [3.63, 3.8) is 0 Å². The van der Waals surface area contributed by atoms with Crippen LogP contribution in [0.3, 0.4) is 0 Å². The first-order chi connectivity index (χ1) is 8.76. The van der Waals surface area contributed by atoms with Crippen molar-refractivity contribution in [3.05, 3.63) is 29.8 Å². The van der Waals surface area contributed by atoms with Gasteiger partial charge in [-0.2, -0.15) is 0 Å². The van der Waals surface area contributed by atoms with E-state index >= 15 is 0 Å². The van der Waals surface area contributed by atoms with E-state index in [0.29, 0.717) is 6.54 Å². The molecule has 0 aliphatic carbocycles. The third kappa shape index (κ3) is 7.28. The van der Waals surface area contributed by atoms with Gasteiger partial charge in [0.2, 0.25) is 0 Å². The first-order valence-corrected chi connectivity index (χ1v) is 6.42. The fourth-order valence-electron chi connectivity index (χ4n) is 1.67. The predicted octanol–water partition coefficient (Wildman–Crippen LogP) is 4.08. The van der Waals surface area contributed by atoms with Crippen molar-refractivity contribution in [2.24, 2.45) is 0 Å². The van der Waals surface area contributed by atoms with Crippen LogP contribution in [0.4, 0.5) is 13.2 Å². The molecule has 0 amide bonds. The first-order valence-electron chi connectivity index (χ1n) is 5.98. The maximum Gasteiger partial charge on any atom is 0.573 e. The Hall–Kier alpha value is -0.940. The summed E-state index contributed by atoms with van der Waals surface area (Å²) >= 11 is 5.87. The predicted molar refractivity (Wildman–Crippen MR) is 69.4 cm³/mol. The third-order valence-electron chi connectivity index (χ3n) is 2.49. The van der Waals surface area contributed by atoms with Crippen LogP contribution in [0.2, 0.25) is 0 Å². The minimum Gasteiger partial charge on any atom is -0.406 e. The van der Waals surface area contributed by atoms with Crippen LogP contribution in [0.5, 0.6) is 5.75 Å². The Bertz CT molecular complexity index is 378. The number of rotatable bonds is 6. The summed E-state index contributed by atoms with van der Waals surface area (Å²) in [5.74, 6) is -0.210. The van der Waals surface area contributed by atoms with Crippen LogP contribution in [-0.2, 0) is 6.54 Å². The maximum absolute atomic E-state index is 12.0. The summed E-state index contributed by atoms with van der Waals surface area (Å²) in [6, 6.07) is 6.06. The Labute approximate surface area is 115 Å². The summed E-state index contributed by atoms with van der Waals surface area (Å²) < 4.78 is 39.7. The first kappa shape index (κ1) is 16.1. The molecule has 19 heavy (non-hydrogen) atoms. The standard InChI is InChI=1S/C13H17ClF3NO/c1-9(14)7-10(2)18-8-11-3-5-12(6-4-11)19-13(15,16)17/h3-6,9-10,18H,7-8H2,1-2H3. The maximum atomic E-state index is 12.0. The number of alkyl halides is 4. The third-order valence-corrected chi connectivity index (χ3v) is 2.67. The van der Waals surface area contributed by atoms with Crippen LogP contribution >= 0.6 is 11.6 Å². The summed E-state index contributed by atoms with van der Waals surface area (Å²) in [7, 11) is 0. The number of hydrogen-bond donors (Lipinski definition) is 1. The van der Waals surface area contributed by atoms with E-state index in [4.69, 9.17) is 11.6 Å². The second kappa shape index (κ2) is 7.01. The molecule has 2 atom stereocenters. The molecule has 0 bridgehead atoms. The zero-order valence-corrected chi connectivity index (χ0v) is 11.6. The molecule has 1 aromatic rings. The van der Waals surface area contributed by atoms with Gasteiger partial charge in [-0.3, -0.25) is 0 Å². The van der Waals surface area contributed by atoms with E-state index in [2.05, 4.69) is 10.1 Å². The molecule has 1 N–H and O–H groups in total. The van der Waals surface area contributed by atoms with E-state index in [1.807, 2.05) is 13.8 Å². The van der Waals surface area contributed by atoms with Crippen LogP contribution in [0.25, 0.3) is 0 Å². The van der Waals surface area contributed by atoms with Crippen molar-refractivity contribution in [2.45, 2.75) is 44.6 Å². The molecule has 0 aromatic heterocycles. The lowest BCUT2D eigenvalue weighted by molar-refractivity contribution is -0.274. The fraction of sp³-hybridized carbons (Fsp3) is 0.538. The van der Waals surface area contributed by atoms with Crippen LogP contribution in [0, 0.1) is 0 Å². The monoisotopic (exact) mass is 295 g/mol. The average molecular weight is 296 g/mol. The summed E-state index contributed by atoms with van der Waals surface area (Å²) in [6.45, 7) is 4.51. The van der Waals surface area contributed by atoms with Crippen LogP contribution in [0.1, 0.15) is 25.8 Å². The highest BCUT2D eigenvalue weighted by Gasteiger charge is 2.30. The van der Waals surface area contributed by atoms with E-state index in [9.17, 15) is 13.2 Å². The average Bonchev–Trinajstić information content (AvgIpc) is 2.25. The second-order valence-corrected chi connectivity index (χ2v) is 5.24. The lowest BCUT2D eigenvalue weighted by Gasteiger charge is -2.15. The molecule has 1 rings (SSSR count). The number of halogens is 4. The highest BCUT2D eigenvalue weighted by molar-refractivity contribution is 6.20. The van der Waals surface area contributed by atoms with Gasteiger partial charge in [0.05, 0.1) is 0 Å². The van der Waals surface area contributed by atoms with Crippen molar-refractivity contribution in [2.75, 3.05) is 0 Å². The van der Waals surface area contributed by atoms with Gasteiger partial charge in [0.15, 0.2) is 0 Å². The lowest BCUT2D eigenvalue weighted by Crippen LogP contribution is -2.27. The summed E-state index contributed by atoms with van der Waals surface area (Å²) in [5, 5.41) is 3.34. The molecule has 0 saturated heterocycles. The molecular weight excluding hydrogens is 279 g/mol. The highest BCUT2D eigenvalue weighted by Crippen LogP contribution is 2.22. The minimum absolute atomic E-state index is 0.0880. The molecule has 108 valence electrons. The second-order valence-electron chi connectivity index (χ2n) is 4.49. The number of ether oxygens (including phenoxy) is 1. The molecule has 0 aliphatic rings. The summed E-state index contributed by atoms with van der Waals surface area (Å²) in [5.41, 5.74) is 0.892. The lowest BCUT2D eigenvalue weighted by atomic mass is 10.1. The molecule has 1 aromatic carbocycles. The molecule has 6 heteroatoms.